The lowest BCUT2D eigenvalue weighted by molar-refractivity contribution is -0.112. The van der Waals surface area contributed by atoms with Crippen molar-refractivity contribution in [2.75, 3.05) is 5.32 Å². The van der Waals surface area contributed by atoms with Crippen LogP contribution in [-0.2, 0) is 4.79 Å². The van der Waals surface area contributed by atoms with Crippen molar-refractivity contribution in [2.24, 2.45) is 10.7 Å². The second-order valence-corrected chi connectivity index (χ2v) is 4.57. The van der Waals surface area contributed by atoms with Crippen molar-refractivity contribution in [1.82, 2.24) is 0 Å². The van der Waals surface area contributed by atoms with Crippen LogP contribution in [0.25, 0.3) is 0 Å². The molecule has 0 heterocycles. The zero-order valence-electron chi connectivity index (χ0n) is 10.7. The number of aliphatic hydroxyl groups excluding tert-OH is 1. The third-order valence-corrected chi connectivity index (χ3v) is 2.84. The van der Waals surface area contributed by atoms with Crippen LogP contribution in [0.4, 0.5) is 5.69 Å². The highest BCUT2D eigenvalue weighted by atomic mass is 32.1. The van der Waals surface area contributed by atoms with Gasteiger partial charge >= 0.3 is 0 Å². The van der Waals surface area contributed by atoms with Gasteiger partial charge < -0.3 is 16.2 Å². The fourth-order valence-electron chi connectivity index (χ4n) is 1.22. The molecule has 4 N–H and O–H groups in total. The first-order chi connectivity index (χ1) is 9.41. The SMILES string of the molecule is CC(O)=C(C=NC(=S)C(N)=S)C(=O)Nc1ccccc1. The summed E-state index contributed by atoms with van der Waals surface area (Å²) >= 11 is 9.45. The molecule has 0 aliphatic rings. The van der Waals surface area contributed by atoms with Crippen molar-refractivity contribution in [3.05, 3.63) is 41.7 Å². The number of para-hydroxylation sites is 1. The number of anilines is 1. The molecule has 0 unspecified atom stereocenters. The summed E-state index contributed by atoms with van der Waals surface area (Å²) < 4.78 is 0. The molecule has 0 aliphatic heterocycles. The first-order valence-electron chi connectivity index (χ1n) is 5.56. The zero-order chi connectivity index (χ0) is 15.1. The molecule has 20 heavy (non-hydrogen) atoms. The number of nitrogens with two attached hydrogens (primary N) is 1. The monoisotopic (exact) mass is 307 g/mol. The van der Waals surface area contributed by atoms with Crippen LogP contribution >= 0.6 is 24.4 Å². The number of rotatable bonds is 3. The Bertz CT molecular complexity index is 591. The minimum absolute atomic E-state index is 0.00809. The average Bonchev–Trinajstić information content (AvgIpc) is 2.39. The third kappa shape index (κ3) is 4.87. The van der Waals surface area contributed by atoms with Gasteiger partial charge in [-0.2, -0.15) is 0 Å². The number of hydrogen-bond acceptors (Lipinski definition) is 4. The number of benzene rings is 1. The van der Waals surface area contributed by atoms with Crippen LogP contribution in [0.1, 0.15) is 6.92 Å². The lowest BCUT2D eigenvalue weighted by atomic mass is 10.2. The number of carbonyl (C=O) groups is 1. The van der Waals surface area contributed by atoms with Gasteiger partial charge in [-0.15, -0.1) is 0 Å². The molecule has 104 valence electrons. The van der Waals surface area contributed by atoms with E-state index >= 15 is 0 Å². The van der Waals surface area contributed by atoms with E-state index in [2.05, 4.69) is 22.5 Å². The number of carbonyl (C=O) groups excluding carboxylic acids is 1. The summed E-state index contributed by atoms with van der Waals surface area (Å²) in [6.45, 7) is 1.37. The Hall–Kier alpha value is -2.12. The van der Waals surface area contributed by atoms with E-state index in [0.29, 0.717) is 5.69 Å². The van der Waals surface area contributed by atoms with E-state index < -0.39 is 5.91 Å². The largest absolute Gasteiger partial charge is 0.512 e. The molecule has 1 aromatic carbocycles. The Morgan fingerprint density at radius 3 is 2.45 bits per heavy atom. The van der Waals surface area contributed by atoms with Crippen LogP contribution in [0.5, 0.6) is 0 Å². The summed E-state index contributed by atoms with van der Waals surface area (Å²) in [4.78, 5) is 15.7. The molecular weight excluding hydrogens is 294 g/mol. The maximum absolute atomic E-state index is 12.0. The maximum atomic E-state index is 12.0. The fraction of sp³-hybridized carbons (Fsp3) is 0.0769. The number of allylic oxidation sites excluding steroid dienone is 1. The number of amides is 1. The summed E-state index contributed by atoms with van der Waals surface area (Å²) in [5, 5.41) is 12.2. The number of nitrogens with zero attached hydrogens (tertiary/aromatic N) is 1. The number of thiocarbonyl (C=S) groups is 2. The van der Waals surface area contributed by atoms with E-state index in [-0.39, 0.29) is 21.3 Å². The molecule has 0 aliphatic carbocycles. The van der Waals surface area contributed by atoms with Gasteiger partial charge in [-0.3, -0.25) is 4.79 Å². The highest BCUT2D eigenvalue weighted by molar-refractivity contribution is 7.89. The van der Waals surface area contributed by atoms with Gasteiger partial charge in [0.1, 0.15) is 10.7 Å². The summed E-state index contributed by atoms with van der Waals surface area (Å²) in [6.07, 6.45) is 1.13. The number of aliphatic imine (C=N–C) groups is 1. The number of aliphatic hydroxyl groups is 1. The van der Waals surface area contributed by atoms with Gasteiger partial charge in [0.25, 0.3) is 5.91 Å². The van der Waals surface area contributed by atoms with Crippen molar-refractivity contribution in [3.8, 4) is 0 Å². The number of hydrogen-bond donors (Lipinski definition) is 3. The molecule has 0 atom stereocenters. The second kappa shape index (κ2) is 7.46. The molecule has 0 saturated heterocycles. The first-order valence-corrected chi connectivity index (χ1v) is 6.37. The minimum Gasteiger partial charge on any atom is -0.512 e. The molecule has 0 spiro atoms. The molecule has 0 radical (unpaired) electrons. The van der Waals surface area contributed by atoms with Gasteiger partial charge in [-0.1, -0.05) is 42.6 Å². The molecule has 5 nitrogen and oxygen atoms in total. The highest BCUT2D eigenvalue weighted by Crippen LogP contribution is 2.08. The van der Waals surface area contributed by atoms with Gasteiger partial charge in [0.2, 0.25) is 0 Å². The van der Waals surface area contributed by atoms with Crippen molar-refractivity contribution < 1.29 is 9.90 Å². The second-order valence-electron chi connectivity index (χ2n) is 3.75. The highest BCUT2D eigenvalue weighted by Gasteiger charge is 2.11. The van der Waals surface area contributed by atoms with E-state index in [1.807, 2.05) is 6.07 Å². The molecule has 0 aromatic heterocycles. The standard InChI is InChI=1S/C13H13N3O2S2/c1-8(17)10(7-15-13(20)11(14)19)12(18)16-9-5-3-2-4-6-9/h2-7,17H,1H3,(H2,14,19)(H,16,18). The predicted molar refractivity (Wildman–Crippen MR) is 88.3 cm³/mol. The smallest absolute Gasteiger partial charge is 0.260 e. The minimum atomic E-state index is -0.509. The third-order valence-electron chi connectivity index (χ3n) is 2.19. The van der Waals surface area contributed by atoms with Crippen molar-refractivity contribution in [3.63, 3.8) is 0 Å². The first kappa shape index (κ1) is 15.9. The van der Waals surface area contributed by atoms with E-state index in [1.54, 1.807) is 24.3 Å². The Balaban J connectivity index is 2.88. The van der Waals surface area contributed by atoms with Crippen molar-refractivity contribution in [1.29, 1.82) is 0 Å². The van der Waals surface area contributed by atoms with Crippen LogP contribution in [0.2, 0.25) is 0 Å². The molecule has 0 bridgehead atoms. The van der Waals surface area contributed by atoms with Gasteiger partial charge in [-0.05, 0) is 19.1 Å². The molecular formula is C13H13N3O2S2. The van der Waals surface area contributed by atoms with E-state index in [4.69, 9.17) is 18.0 Å². The van der Waals surface area contributed by atoms with Crippen molar-refractivity contribution in [2.45, 2.75) is 6.92 Å². The Labute approximate surface area is 127 Å². The molecule has 0 saturated carbocycles. The van der Waals surface area contributed by atoms with Crippen LogP contribution in [-0.4, -0.2) is 27.2 Å². The summed E-state index contributed by atoms with van der Waals surface area (Å²) in [5.74, 6) is -0.696. The lowest BCUT2D eigenvalue weighted by Crippen LogP contribution is -2.20. The Morgan fingerprint density at radius 2 is 1.95 bits per heavy atom. The topological polar surface area (TPSA) is 87.7 Å². The summed E-state index contributed by atoms with van der Waals surface area (Å²) in [5.41, 5.74) is 5.87. The predicted octanol–water partition coefficient (Wildman–Crippen LogP) is 2.14. The van der Waals surface area contributed by atoms with E-state index in [0.717, 1.165) is 6.21 Å². The molecule has 1 rings (SSSR count). The summed E-state index contributed by atoms with van der Waals surface area (Å²) in [7, 11) is 0. The normalized spacial score (nSPS) is 11.8. The molecule has 1 amide bonds. The number of nitrogens with one attached hydrogen (secondary N) is 1. The van der Waals surface area contributed by atoms with Crippen LogP contribution in [0.3, 0.4) is 0 Å². The Morgan fingerprint density at radius 1 is 1.35 bits per heavy atom. The lowest BCUT2D eigenvalue weighted by Gasteiger charge is -2.06. The fourth-order valence-corrected chi connectivity index (χ4v) is 1.33. The van der Waals surface area contributed by atoms with Crippen LogP contribution in [0, 0.1) is 0 Å². The van der Waals surface area contributed by atoms with Gasteiger partial charge in [0, 0.05) is 11.9 Å². The van der Waals surface area contributed by atoms with E-state index in [9.17, 15) is 9.90 Å². The maximum Gasteiger partial charge on any atom is 0.260 e. The van der Waals surface area contributed by atoms with Crippen LogP contribution in [0.15, 0.2) is 46.7 Å². The zero-order valence-corrected chi connectivity index (χ0v) is 12.3. The molecule has 0 fully saturated rings. The van der Waals surface area contributed by atoms with Gasteiger partial charge in [0.05, 0.1) is 5.57 Å². The van der Waals surface area contributed by atoms with E-state index in [1.165, 1.54) is 6.92 Å². The molecule has 7 heteroatoms. The van der Waals surface area contributed by atoms with Crippen molar-refractivity contribution >= 4 is 52.2 Å². The Kier molecular flexibility index (Phi) is 5.95. The average molecular weight is 307 g/mol. The van der Waals surface area contributed by atoms with Gasteiger partial charge in [0.15, 0.2) is 4.99 Å². The van der Waals surface area contributed by atoms with Gasteiger partial charge in [-0.25, -0.2) is 4.99 Å². The van der Waals surface area contributed by atoms with Crippen LogP contribution < -0.4 is 11.1 Å². The quantitative estimate of drug-likeness (QED) is 0.345. The summed E-state index contributed by atoms with van der Waals surface area (Å²) in [6, 6.07) is 8.82. The molecule has 1 aromatic rings.